The Morgan fingerprint density at radius 3 is 2.52 bits per heavy atom. The first-order valence-electron chi connectivity index (χ1n) is 8.99. The van der Waals surface area contributed by atoms with Crippen LogP contribution < -0.4 is 5.32 Å². The number of carbonyl (C=O) groups excluding carboxylic acids is 2. The number of piperazine rings is 1. The molecule has 27 heavy (non-hydrogen) atoms. The molecule has 0 saturated carbocycles. The van der Waals surface area contributed by atoms with Crippen LogP contribution in [-0.2, 0) is 6.42 Å². The minimum absolute atomic E-state index is 0.149. The van der Waals surface area contributed by atoms with Gasteiger partial charge in [-0.15, -0.1) is 0 Å². The molecule has 1 saturated heterocycles. The van der Waals surface area contributed by atoms with Crippen molar-refractivity contribution in [1.29, 1.82) is 0 Å². The highest BCUT2D eigenvalue weighted by atomic mass is 19.1. The average molecular weight is 370 g/mol. The SMILES string of the molecule is CN1CCN(C(=O)c2cc(C(=O)NCCc3ccc(F)cc3)ccn2)CC1. The van der Waals surface area contributed by atoms with Crippen LogP contribution in [0.1, 0.15) is 26.4 Å². The summed E-state index contributed by atoms with van der Waals surface area (Å²) >= 11 is 0. The van der Waals surface area contributed by atoms with E-state index in [9.17, 15) is 14.0 Å². The third-order valence-corrected chi connectivity index (χ3v) is 4.64. The molecule has 1 N–H and O–H groups in total. The van der Waals surface area contributed by atoms with E-state index in [4.69, 9.17) is 0 Å². The van der Waals surface area contributed by atoms with Gasteiger partial charge in [-0.05, 0) is 43.3 Å². The number of likely N-dealkylation sites (N-methyl/N-ethyl adjacent to an activating group) is 1. The Kier molecular flexibility index (Phi) is 6.13. The van der Waals surface area contributed by atoms with Crippen molar-refractivity contribution in [1.82, 2.24) is 20.1 Å². The van der Waals surface area contributed by atoms with Crippen LogP contribution in [0, 0.1) is 5.82 Å². The molecule has 0 aliphatic carbocycles. The predicted octanol–water partition coefficient (Wildman–Crippen LogP) is 1.58. The number of hydrogen-bond donors (Lipinski definition) is 1. The van der Waals surface area contributed by atoms with E-state index >= 15 is 0 Å². The molecule has 0 atom stereocenters. The maximum atomic E-state index is 12.9. The highest BCUT2D eigenvalue weighted by Gasteiger charge is 2.22. The third-order valence-electron chi connectivity index (χ3n) is 4.64. The summed E-state index contributed by atoms with van der Waals surface area (Å²) in [6, 6.07) is 9.32. The monoisotopic (exact) mass is 370 g/mol. The summed E-state index contributed by atoms with van der Waals surface area (Å²) < 4.78 is 12.9. The summed E-state index contributed by atoms with van der Waals surface area (Å²) in [4.78, 5) is 33.0. The number of nitrogens with zero attached hydrogens (tertiary/aromatic N) is 3. The van der Waals surface area contributed by atoms with Crippen LogP contribution in [-0.4, -0.2) is 66.4 Å². The van der Waals surface area contributed by atoms with Gasteiger partial charge in [-0.2, -0.15) is 0 Å². The molecule has 2 aromatic rings. The van der Waals surface area contributed by atoms with Crippen LogP contribution in [0.3, 0.4) is 0 Å². The van der Waals surface area contributed by atoms with Crippen LogP contribution in [0.15, 0.2) is 42.6 Å². The highest BCUT2D eigenvalue weighted by molar-refractivity contribution is 5.98. The Labute approximate surface area is 158 Å². The quantitative estimate of drug-likeness (QED) is 0.868. The first-order chi connectivity index (χ1) is 13.0. The average Bonchev–Trinajstić information content (AvgIpc) is 2.69. The largest absolute Gasteiger partial charge is 0.352 e. The highest BCUT2D eigenvalue weighted by Crippen LogP contribution is 2.09. The minimum Gasteiger partial charge on any atom is -0.352 e. The fourth-order valence-corrected chi connectivity index (χ4v) is 2.93. The number of benzene rings is 1. The summed E-state index contributed by atoms with van der Waals surface area (Å²) in [7, 11) is 2.02. The molecule has 0 unspecified atom stereocenters. The van der Waals surface area contributed by atoms with Crippen LogP contribution in [0.25, 0.3) is 0 Å². The molecule has 1 aromatic carbocycles. The van der Waals surface area contributed by atoms with Crippen LogP contribution in [0.2, 0.25) is 0 Å². The Bertz CT molecular complexity index is 802. The van der Waals surface area contributed by atoms with Crippen molar-refractivity contribution in [3.8, 4) is 0 Å². The maximum absolute atomic E-state index is 12.9. The lowest BCUT2D eigenvalue weighted by Gasteiger charge is -2.32. The van der Waals surface area contributed by atoms with Gasteiger partial charge in [-0.1, -0.05) is 12.1 Å². The summed E-state index contributed by atoms with van der Waals surface area (Å²) in [5, 5.41) is 2.82. The zero-order valence-electron chi connectivity index (χ0n) is 15.3. The maximum Gasteiger partial charge on any atom is 0.272 e. The van der Waals surface area contributed by atoms with E-state index in [-0.39, 0.29) is 23.3 Å². The van der Waals surface area contributed by atoms with Gasteiger partial charge in [0.1, 0.15) is 11.5 Å². The normalized spacial score (nSPS) is 14.8. The third kappa shape index (κ3) is 5.10. The Morgan fingerprint density at radius 1 is 1.11 bits per heavy atom. The molecule has 142 valence electrons. The molecule has 1 aliphatic heterocycles. The van der Waals surface area contributed by atoms with E-state index in [0.29, 0.717) is 31.6 Å². The number of pyridine rings is 1. The van der Waals surface area contributed by atoms with Crippen molar-refractivity contribution in [3.63, 3.8) is 0 Å². The first kappa shape index (κ1) is 19.0. The topological polar surface area (TPSA) is 65.5 Å². The van der Waals surface area contributed by atoms with E-state index in [2.05, 4.69) is 15.2 Å². The van der Waals surface area contributed by atoms with Crippen LogP contribution in [0.4, 0.5) is 4.39 Å². The number of nitrogens with one attached hydrogen (secondary N) is 1. The second-order valence-electron chi connectivity index (χ2n) is 6.66. The van der Waals surface area contributed by atoms with Crippen molar-refractivity contribution < 1.29 is 14.0 Å². The molecule has 1 aliphatic rings. The lowest BCUT2D eigenvalue weighted by Crippen LogP contribution is -2.47. The van der Waals surface area contributed by atoms with Crippen molar-refractivity contribution in [2.45, 2.75) is 6.42 Å². The molecular formula is C20H23FN4O2. The van der Waals surface area contributed by atoms with Gasteiger partial charge in [-0.3, -0.25) is 14.6 Å². The Morgan fingerprint density at radius 2 is 1.81 bits per heavy atom. The van der Waals surface area contributed by atoms with Gasteiger partial charge in [0, 0.05) is 44.5 Å². The van der Waals surface area contributed by atoms with Gasteiger partial charge in [-0.25, -0.2) is 4.39 Å². The van der Waals surface area contributed by atoms with E-state index in [1.54, 1.807) is 23.1 Å². The van der Waals surface area contributed by atoms with Gasteiger partial charge in [0.05, 0.1) is 0 Å². The predicted molar refractivity (Wildman–Crippen MR) is 100 cm³/mol. The van der Waals surface area contributed by atoms with Gasteiger partial charge >= 0.3 is 0 Å². The van der Waals surface area contributed by atoms with Crippen LogP contribution in [0.5, 0.6) is 0 Å². The zero-order valence-corrected chi connectivity index (χ0v) is 15.3. The van der Waals surface area contributed by atoms with Crippen molar-refractivity contribution >= 4 is 11.8 Å². The number of aromatic nitrogens is 1. The van der Waals surface area contributed by atoms with Crippen molar-refractivity contribution in [3.05, 3.63) is 65.2 Å². The summed E-state index contributed by atoms with van der Waals surface area (Å²) in [6.07, 6.45) is 2.09. The second-order valence-corrected chi connectivity index (χ2v) is 6.66. The summed E-state index contributed by atoms with van der Waals surface area (Å²) in [5.41, 5.74) is 1.63. The molecule has 0 radical (unpaired) electrons. The van der Waals surface area contributed by atoms with E-state index in [1.807, 2.05) is 7.05 Å². The van der Waals surface area contributed by atoms with Gasteiger partial charge < -0.3 is 15.1 Å². The zero-order chi connectivity index (χ0) is 19.2. The second kappa shape index (κ2) is 8.73. The van der Waals surface area contributed by atoms with Gasteiger partial charge in [0.25, 0.3) is 11.8 Å². The van der Waals surface area contributed by atoms with Gasteiger partial charge in [0.15, 0.2) is 0 Å². The molecule has 1 fully saturated rings. The van der Waals surface area contributed by atoms with E-state index < -0.39 is 0 Å². The van der Waals surface area contributed by atoms with E-state index in [1.165, 1.54) is 24.4 Å². The fourth-order valence-electron chi connectivity index (χ4n) is 2.93. The number of halogens is 1. The number of rotatable bonds is 5. The molecule has 1 aromatic heterocycles. The Balaban J connectivity index is 1.56. The van der Waals surface area contributed by atoms with Crippen molar-refractivity contribution in [2.75, 3.05) is 39.8 Å². The summed E-state index contributed by atoms with van der Waals surface area (Å²) in [6.45, 7) is 3.40. The minimum atomic E-state index is -0.280. The number of hydrogen-bond acceptors (Lipinski definition) is 4. The first-order valence-corrected chi connectivity index (χ1v) is 8.99. The smallest absolute Gasteiger partial charge is 0.272 e. The lowest BCUT2D eigenvalue weighted by atomic mass is 10.1. The molecule has 0 bridgehead atoms. The molecule has 0 spiro atoms. The summed E-state index contributed by atoms with van der Waals surface area (Å²) in [5.74, 6) is -0.687. The van der Waals surface area contributed by atoms with E-state index in [0.717, 1.165) is 18.7 Å². The molecule has 2 amide bonds. The molecule has 7 heteroatoms. The van der Waals surface area contributed by atoms with Crippen LogP contribution >= 0.6 is 0 Å². The Hall–Kier alpha value is -2.80. The van der Waals surface area contributed by atoms with Gasteiger partial charge in [0.2, 0.25) is 0 Å². The molecule has 3 rings (SSSR count). The molecular weight excluding hydrogens is 347 g/mol. The standard InChI is InChI=1S/C20H23FN4O2/c1-24-10-12-25(13-11-24)20(27)18-14-16(7-9-22-18)19(26)23-8-6-15-2-4-17(21)5-3-15/h2-5,7,9,14H,6,8,10-13H2,1H3,(H,23,26). The fraction of sp³-hybridized carbons (Fsp3) is 0.350. The lowest BCUT2D eigenvalue weighted by molar-refractivity contribution is 0.0658. The van der Waals surface area contributed by atoms with Crippen molar-refractivity contribution in [2.24, 2.45) is 0 Å². The molecule has 2 heterocycles. The molecule has 6 nitrogen and oxygen atoms in total. The number of amides is 2. The number of carbonyl (C=O) groups is 2.